The predicted octanol–water partition coefficient (Wildman–Crippen LogP) is 2.52. The van der Waals surface area contributed by atoms with Gasteiger partial charge in [0.2, 0.25) is 0 Å². The van der Waals surface area contributed by atoms with Crippen LogP contribution in [0.2, 0.25) is 0 Å². The van der Waals surface area contributed by atoms with E-state index in [1.165, 1.54) is 0 Å². The highest BCUT2D eigenvalue weighted by Crippen LogP contribution is 2.32. The van der Waals surface area contributed by atoms with Crippen LogP contribution in [0.5, 0.6) is 0 Å². The van der Waals surface area contributed by atoms with E-state index >= 15 is 0 Å². The zero-order chi connectivity index (χ0) is 10.6. The monoisotopic (exact) mass is 216 g/mol. The number of fused-ring (bicyclic) bond motifs is 3. The number of aryl methyl sites for hydroxylation is 1. The normalized spacial score (nSPS) is 12.7. The number of carbonyl (C=O) groups is 1. The number of pyridine rings is 1. The van der Waals surface area contributed by atoms with E-state index < -0.39 is 0 Å². The highest BCUT2D eigenvalue weighted by molar-refractivity contribution is 7.71. The third-order valence-electron chi connectivity index (χ3n) is 2.63. The van der Waals surface area contributed by atoms with Gasteiger partial charge in [-0.25, -0.2) is 0 Å². The molecule has 0 bridgehead atoms. The molecule has 3 rings (SSSR count). The minimum absolute atomic E-state index is 0.0359. The van der Waals surface area contributed by atoms with Crippen LogP contribution in [0.4, 0.5) is 0 Å². The van der Waals surface area contributed by atoms with Crippen molar-refractivity contribution in [2.24, 2.45) is 0 Å². The Hall–Kier alpha value is -1.68. The molecule has 0 aliphatic carbocycles. The van der Waals surface area contributed by atoms with Crippen molar-refractivity contribution in [1.82, 2.24) is 9.55 Å². The summed E-state index contributed by atoms with van der Waals surface area (Å²) in [5.74, 6) is -0.0359. The van der Waals surface area contributed by atoms with Crippen molar-refractivity contribution in [2.75, 3.05) is 0 Å². The molecular formula is C11H8N2OS. The average molecular weight is 216 g/mol. The topological polar surface area (TPSA) is 37.8 Å². The van der Waals surface area contributed by atoms with E-state index in [4.69, 9.17) is 12.2 Å². The van der Waals surface area contributed by atoms with Crippen LogP contribution in [0.25, 0.3) is 11.3 Å². The lowest BCUT2D eigenvalue weighted by atomic mass is 10.1. The van der Waals surface area contributed by atoms with Crippen LogP contribution >= 0.6 is 12.2 Å². The second-order valence-electron chi connectivity index (χ2n) is 3.64. The average Bonchev–Trinajstić information content (AvgIpc) is 2.70. The smallest absolute Gasteiger partial charge is 0.266 e. The zero-order valence-electron chi connectivity index (χ0n) is 8.07. The first-order chi connectivity index (χ1) is 7.18. The largest absolute Gasteiger partial charge is 0.350 e. The van der Waals surface area contributed by atoms with Gasteiger partial charge >= 0.3 is 0 Å². The number of rotatable bonds is 0. The van der Waals surface area contributed by atoms with E-state index in [1.807, 2.05) is 25.1 Å². The molecule has 15 heavy (non-hydrogen) atoms. The summed E-state index contributed by atoms with van der Waals surface area (Å²) in [5.41, 5.74) is 3.46. The fourth-order valence-electron chi connectivity index (χ4n) is 2.00. The van der Waals surface area contributed by atoms with E-state index in [1.54, 1.807) is 10.8 Å². The second-order valence-corrected chi connectivity index (χ2v) is 4.05. The van der Waals surface area contributed by atoms with Crippen LogP contribution in [-0.2, 0) is 0 Å². The lowest BCUT2D eigenvalue weighted by molar-refractivity contribution is 0.0968. The zero-order valence-corrected chi connectivity index (χ0v) is 8.89. The fourth-order valence-corrected chi connectivity index (χ4v) is 2.36. The Morgan fingerprint density at radius 3 is 3.07 bits per heavy atom. The maximum Gasteiger partial charge on any atom is 0.266 e. The molecule has 1 aliphatic heterocycles. The SMILES string of the molecule is Cc1cc2c(c(=S)[nH]1)C(=O)n1cccc1-2. The van der Waals surface area contributed by atoms with Crippen molar-refractivity contribution >= 4 is 18.1 Å². The van der Waals surface area contributed by atoms with E-state index in [9.17, 15) is 4.79 Å². The maximum atomic E-state index is 12.0. The highest BCUT2D eigenvalue weighted by Gasteiger charge is 2.27. The van der Waals surface area contributed by atoms with E-state index in [0.29, 0.717) is 10.2 Å². The van der Waals surface area contributed by atoms with Gasteiger partial charge in [-0.15, -0.1) is 0 Å². The molecule has 0 aromatic carbocycles. The summed E-state index contributed by atoms with van der Waals surface area (Å²) in [6, 6.07) is 5.76. The molecule has 0 atom stereocenters. The third kappa shape index (κ3) is 0.995. The maximum absolute atomic E-state index is 12.0. The minimum atomic E-state index is -0.0359. The van der Waals surface area contributed by atoms with Gasteiger partial charge in [-0.3, -0.25) is 9.36 Å². The van der Waals surface area contributed by atoms with Gasteiger partial charge < -0.3 is 4.98 Å². The molecule has 0 saturated heterocycles. The Morgan fingerprint density at radius 2 is 2.27 bits per heavy atom. The second kappa shape index (κ2) is 2.67. The van der Waals surface area contributed by atoms with Gasteiger partial charge in [0, 0.05) is 17.5 Å². The van der Waals surface area contributed by atoms with Crippen LogP contribution in [0.3, 0.4) is 0 Å². The van der Waals surface area contributed by atoms with Gasteiger partial charge in [0.1, 0.15) is 4.64 Å². The lowest BCUT2D eigenvalue weighted by Crippen LogP contribution is -2.05. The van der Waals surface area contributed by atoms with Gasteiger partial charge in [-0.1, -0.05) is 12.2 Å². The number of hydrogen-bond donors (Lipinski definition) is 1. The number of aromatic nitrogens is 2. The Kier molecular flexibility index (Phi) is 1.53. The molecule has 0 amide bonds. The summed E-state index contributed by atoms with van der Waals surface area (Å²) in [6.45, 7) is 1.94. The van der Waals surface area contributed by atoms with Gasteiger partial charge in [0.05, 0.1) is 11.3 Å². The third-order valence-corrected chi connectivity index (χ3v) is 2.93. The van der Waals surface area contributed by atoms with Gasteiger partial charge in [0.25, 0.3) is 5.91 Å². The molecule has 0 fully saturated rings. The molecule has 0 unspecified atom stereocenters. The Labute approximate surface area is 91.4 Å². The van der Waals surface area contributed by atoms with Gasteiger partial charge in [-0.2, -0.15) is 0 Å². The number of aromatic amines is 1. The summed E-state index contributed by atoms with van der Waals surface area (Å²) >= 11 is 5.17. The van der Waals surface area contributed by atoms with Gasteiger partial charge in [-0.05, 0) is 25.1 Å². The first-order valence-electron chi connectivity index (χ1n) is 4.65. The van der Waals surface area contributed by atoms with Crippen LogP contribution in [0.15, 0.2) is 24.4 Å². The predicted molar refractivity (Wildman–Crippen MR) is 59.5 cm³/mol. The number of carbonyl (C=O) groups excluding carboxylic acids is 1. The summed E-state index contributed by atoms with van der Waals surface area (Å²) in [4.78, 5) is 15.0. The van der Waals surface area contributed by atoms with E-state index in [0.717, 1.165) is 17.0 Å². The molecule has 2 aromatic rings. The number of H-pyrrole nitrogens is 1. The van der Waals surface area contributed by atoms with Crippen molar-refractivity contribution in [2.45, 2.75) is 6.92 Å². The van der Waals surface area contributed by atoms with E-state index in [-0.39, 0.29) is 5.91 Å². The Bertz CT molecular complexity index is 636. The molecule has 0 radical (unpaired) electrons. The van der Waals surface area contributed by atoms with Crippen molar-refractivity contribution in [3.63, 3.8) is 0 Å². The van der Waals surface area contributed by atoms with Crippen LogP contribution in [-0.4, -0.2) is 15.5 Å². The molecule has 74 valence electrons. The van der Waals surface area contributed by atoms with Crippen LogP contribution in [0, 0.1) is 11.6 Å². The number of nitrogens with one attached hydrogen (secondary N) is 1. The highest BCUT2D eigenvalue weighted by atomic mass is 32.1. The lowest BCUT2D eigenvalue weighted by Gasteiger charge is -1.99. The number of nitrogens with zero attached hydrogens (tertiary/aromatic N) is 1. The van der Waals surface area contributed by atoms with Crippen molar-refractivity contribution in [3.05, 3.63) is 40.3 Å². The fraction of sp³-hybridized carbons (Fsp3) is 0.0909. The Morgan fingerprint density at radius 1 is 1.47 bits per heavy atom. The molecule has 3 heterocycles. The minimum Gasteiger partial charge on any atom is -0.350 e. The first kappa shape index (κ1) is 8.61. The quantitative estimate of drug-likeness (QED) is 0.586. The molecule has 0 saturated carbocycles. The molecule has 1 aliphatic rings. The van der Waals surface area contributed by atoms with Crippen molar-refractivity contribution < 1.29 is 4.79 Å². The first-order valence-corrected chi connectivity index (χ1v) is 5.05. The molecule has 4 heteroatoms. The standard InChI is InChI=1S/C11H8N2OS/c1-6-5-7-8-3-2-4-13(8)11(14)9(7)10(15)12-6/h2-5H,1H3,(H,12,15). The van der Waals surface area contributed by atoms with Crippen LogP contribution in [0.1, 0.15) is 16.1 Å². The van der Waals surface area contributed by atoms with Crippen molar-refractivity contribution in [3.8, 4) is 11.3 Å². The molecule has 0 spiro atoms. The number of hydrogen-bond acceptors (Lipinski definition) is 2. The molecule has 2 aromatic heterocycles. The molecular weight excluding hydrogens is 208 g/mol. The summed E-state index contributed by atoms with van der Waals surface area (Å²) in [5, 5.41) is 0. The van der Waals surface area contributed by atoms with Crippen molar-refractivity contribution in [1.29, 1.82) is 0 Å². The molecule has 1 N–H and O–H groups in total. The summed E-state index contributed by atoms with van der Waals surface area (Å²) in [6.07, 6.45) is 1.77. The summed E-state index contributed by atoms with van der Waals surface area (Å²) in [7, 11) is 0. The van der Waals surface area contributed by atoms with Gasteiger partial charge in [0.15, 0.2) is 0 Å². The molecule has 3 nitrogen and oxygen atoms in total. The van der Waals surface area contributed by atoms with E-state index in [2.05, 4.69) is 4.98 Å². The summed E-state index contributed by atoms with van der Waals surface area (Å²) < 4.78 is 2.16. The Balaban J connectivity index is 2.49. The van der Waals surface area contributed by atoms with Crippen LogP contribution < -0.4 is 0 Å².